The lowest BCUT2D eigenvalue weighted by Gasteiger charge is -2.41. The van der Waals surface area contributed by atoms with Gasteiger partial charge >= 0.3 is 5.97 Å². The molecule has 100 valence electrons. The third kappa shape index (κ3) is 2.63. The number of carboxylic acid groups (broad SMARTS) is 1. The van der Waals surface area contributed by atoms with Gasteiger partial charge in [-0.2, -0.15) is 0 Å². The van der Waals surface area contributed by atoms with Crippen molar-refractivity contribution in [3.05, 3.63) is 0 Å². The molecule has 1 saturated heterocycles. The highest BCUT2D eigenvalue weighted by atomic mass is 16.5. The Bertz CT molecular complexity index is 321. The summed E-state index contributed by atoms with van der Waals surface area (Å²) in [4.78, 5) is 13.2. The fraction of sp³-hybridized carbons (Fsp3) is 0.923. The molecule has 0 aromatic rings. The second kappa shape index (κ2) is 3.95. The number of ether oxygens (including phenoxy) is 1. The number of hydrogen-bond acceptors (Lipinski definition) is 3. The third-order valence-electron chi connectivity index (χ3n) is 3.90. The van der Waals surface area contributed by atoms with Crippen LogP contribution in [0.25, 0.3) is 0 Å². The van der Waals surface area contributed by atoms with E-state index in [9.17, 15) is 9.90 Å². The number of carboxylic acids is 1. The molecular formula is C13H25NO3. The normalized spacial score (nSPS) is 27.4. The zero-order valence-electron chi connectivity index (χ0n) is 12.0. The molecule has 1 atom stereocenters. The molecule has 17 heavy (non-hydrogen) atoms. The number of carbonyl (C=O) groups is 1. The second-order valence-electron chi connectivity index (χ2n) is 6.66. The van der Waals surface area contributed by atoms with Gasteiger partial charge in [-0.1, -0.05) is 0 Å². The van der Waals surface area contributed by atoms with Gasteiger partial charge in [-0.25, -0.2) is 0 Å². The topological polar surface area (TPSA) is 49.8 Å². The first kappa shape index (κ1) is 14.5. The minimum Gasteiger partial charge on any atom is -0.480 e. The van der Waals surface area contributed by atoms with Crippen LogP contribution < -0.4 is 0 Å². The summed E-state index contributed by atoms with van der Waals surface area (Å²) in [6.45, 7) is 11.6. The van der Waals surface area contributed by atoms with Crippen LogP contribution in [0.5, 0.6) is 0 Å². The first-order valence-corrected chi connectivity index (χ1v) is 6.07. The first-order chi connectivity index (χ1) is 7.40. The van der Waals surface area contributed by atoms with E-state index >= 15 is 0 Å². The highest BCUT2D eigenvalue weighted by molar-refractivity contribution is 5.77. The minimum absolute atomic E-state index is 0.101. The van der Waals surface area contributed by atoms with Crippen molar-refractivity contribution in [1.82, 2.24) is 4.90 Å². The molecule has 1 heterocycles. The monoisotopic (exact) mass is 243 g/mol. The fourth-order valence-corrected chi connectivity index (χ4v) is 2.68. The van der Waals surface area contributed by atoms with E-state index in [0.717, 1.165) is 6.42 Å². The Kier molecular flexibility index (Phi) is 3.36. The van der Waals surface area contributed by atoms with E-state index in [4.69, 9.17) is 4.74 Å². The summed E-state index contributed by atoms with van der Waals surface area (Å²) in [6, 6.07) is 0.101. The Balaban J connectivity index is 2.98. The van der Waals surface area contributed by atoms with Crippen LogP contribution in [0.4, 0.5) is 0 Å². The molecule has 0 saturated carbocycles. The van der Waals surface area contributed by atoms with E-state index in [1.54, 1.807) is 13.8 Å². The Morgan fingerprint density at radius 2 is 1.82 bits per heavy atom. The molecule has 0 radical (unpaired) electrons. The summed E-state index contributed by atoms with van der Waals surface area (Å²) in [6.07, 6.45) is 0.840. The molecule has 4 nitrogen and oxygen atoms in total. The van der Waals surface area contributed by atoms with Crippen molar-refractivity contribution in [3.63, 3.8) is 0 Å². The fourth-order valence-electron chi connectivity index (χ4n) is 2.68. The molecule has 0 aromatic carbocycles. The second-order valence-corrected chi connectivity index (χ2v) is 6.66. The smallest absolute Gasteiger partial charge is 0.323 e. The van der Waals surface area contributed by atoms with Crippen LogP contribution in [-0.4, -0.2) is 45.8 Å². The molecule has 1 fully saturated rings. The summed E-state index contributed by atoms with van der Waals surface area (Å²) in [7, 11) is 1.87. The molecule has 0 amide bonds. The van der Waals surface area contributed by atoms with E-state index in [1.165, 1.54) is 0 Å². The van der Waals surface area contributed by atoms with Crippen molar-refractivity contribution in [3.8, 4) is 0 Å². The Labute approximate surface area is 104 Å². The Morgan fingerprint density at radius 3 is 2.12 bits per heavy atom. The molecule has 1 aliphatic heterocycles. The third-order valence-corrected chi connectivity index (χ3v) is 3.90. The lowest BCUT2D eigenvalue weighted by molar-refractivity contribution is -0.152. The van der Waals surface area contributed by atoms with Gasteiger partial charge in [0.25, 0.3) is 0 Å². The van der Waals surface area contributed by atoms with E-state index in [-0.39, 0.29) is 17.2 Å². The predicted octanol–water partition coefficient (Wildman–Crippen LogP) is 2.13. The molecular weight excluding hydrogens is 218 g/mol. The van der Waals surface area contributed by atoms with Gasteiger partial charge in [-0.05, 0) is 55.0 Å². The summed E-state index contributed by atoms with van der Waals surface area (Å²) in [5.41, 5.74) is -1.41. The Hall–Kier alpha value is -0.610. The van der Waals surface area contributed by atoms with Gasteiger partial charge in [-0.15, -0.1) is 0 Å². The van der Waals surface area contributed by atoms with E-state index in [0.29, 0.717) is 0 Å². The van der Waals surface area contributed by atoms with Crippen LogP contribution in [0.1, 0.15) is 48.0 Å². The highest BCUT2D eigenvalue weighted by Gasteiger charge is 2.51. The van der Waals surface area contributed by atoms with Crippen molar-refractivity contribution >= 4 is 5.97 Å². The molecule has 0 aromatic heterocycles. The van der Waals surface area contributed by atoms with Crippen molar-refractivity contribution < 1.29 is 14.6 Å². The van der Waals surface area contributed by atoms with Crippen LogP contribution in [0.15, 0.2) is 0 Å². The maximum absolute atomic E-state index is 11.3. The van der Waals surface area contributed by atoms with Crippen molar-refractivity contribution in [2.24, 2.45) is 0 Å². The van der Waals surface area contributed by atoms with E-state index in [2.05, 4.69) is 13.8 Å². The number of nitrogens with zero attached hydrogens (tertiary/aromatic N) is 1. The van der Waals surface area contributed by atoms with Crippen LogP contribution in [0.2, 0.25) is 0 Å². The highest BCUT2D eigenvalue weighted by Crippen LogP contribution is 2.41. The standard InChI is InChI=1S/C13H25NO3/c1-11(2)8-9(13(5,6)17-11)14(7)12(3,4)10(15)16/h9H,8H2,1-7H3,(H,15,16). The maximum atomic E-state index is 11.3. The van der Waals surface area contributed by atoms with Crippen LogP contribution in [-0.2, 0) is 9.53 Å². The van der Waals surface area contributed by atoms with Crippen molar-refractivity contribution in [1.29, 1.82) is 0 Å². The Morgan fingerprint density at radius 1 is 1.35 bits per heavy atom. The number of hydrogen-bond donors (Lipinski definition) is 1. The molecule has 4 heteroatoms. The maximum Gasteiger partial charge on any atom is 0.323 e. The van der Waals surface area contributed by atoms with Gasteiger partial charge in [0.1, 0.15) is 5.54 Å². The first-order valence-electron chi connectivity index (χ1n) is 6.07. The quantitative estimate of drug-likeness (QED) is 0.825. The van der Waals surface area contributed by atoms with Gasteiger partial charge in [-0.3, -0.25) is 9.69 Å². The molecule has 0 bridgehead atoms. The lowest BCUT2D eigenvalue weighted by Crippen LogP contribution is -2.57. The lowest BCUT2D eigenvalue weighted by atomic mass is 9.89. The summed E-state index contributed by atoms with van der Waals surface area (Å²) in [5, 5.41) is 9.29. The molecule has 0 spiro atoms. The molecule has 0 aliphatic carbocycles. The number of rotatable bonds is 3. The minimum atomic E-state index is -0.883. The van der Waals surface area contributed by atoms with Gasteiger partial charge in [0.05, 0.1) is 11.2 Å². The summed E-state index contributed by atoms with van der Waals surface area (Å²) in [5.74, 6) is -0.805. The average Bonchev–Trinajstić information content (AvgIpc) is 2.32. The predicted molar refractivity (Wildman–Crippen MR) is 67.1 cm³/mol. The van der Waals surface area contributed by atoms with Gasteiger partial charge in [0, 0.05) is 6.04 Å². The SMILES string of the molecule is CN(C1CC(C)(C)OC1(C)C)C(C)(C)C(=O)O. The van der Waals surface area contributed by atoms with Crippen molar-refractivity contribution in [2.45, 2.75) is 70.7 Å². The van der Waals surface area contributed by atoms with E-state index in [1.807, 2.05) is 25.8 Å². The summed E-state index contributed by atoms with van der Waals surface area (Å²) < 4.78 is 6.01. The van der Waals surface area contributed by atoms with Gasteiger partial charge < -0.3 is 9.84 Å². The number of aliphatic carboxylic acids is 1. The number of likely N-dealkylation sites (N-methyl/N-ethyl adjacent to an activating group) is 1. The molecule has 1 rings (SSSR count). The average molecular weight is 243 g/mol. The van der Waals surface area contributed by atoms with E-state index < -0.39 is 11.5 Å². The van der Waals surface area contributed by atoms with Crippen LogP contribution >= 0.6 is 0 Å². The van der Waals surface area contributed by atoms with Gasteiger partial charge in [0.2, 0.25) is 0 Å². The molecule has 1 aliphatic rings. The zero-order valence-corrected chi connectivity index (χ0v) is 12.0. The van der Waals surface area contributed by atoms with Crippen LogP contribution in [0, 0.1) is 0 Å². The van der Waals surface area contributed by atoms with Crippen molar-refractivity contribution in [2.75, 3.05) is 7.05 Å². The summed E-state index contributed by atoms with van der Waals surface area (Å²) >= 11 is 0. The van der Waals surface area contributed by atoms with Crippen LogP contribution in [0.3, 0.4) is 0 Å². The molecule has 1 unspecified atom stereocenters. The van der Waals surface area contributed by atoms with Gasteiger partial charge in [0.15, 0.2) is 0 Å². The molecule has 1 N–H and O–H groups in total. The zero-order chi connectivity index (χ0) is 13.6. The largest absolute Gasteiger partial charge is 0.480 e.